The molecular formula is C31H35ClF3N5O5. The molecule has 0 spiro atoms. The fourth-order valence-electron chi connectivity index (χ4n) is 5.84. The van der Waals surface area contributed by atoms with Crippen molar-refractivity contribution in [3.63, 3.8) is 0 Å². The Labute approximate surface area is 262 Å². The quantitative estimate of drug-likeness (QED) is 0.305. The molecule has 3 amide bonds. The number of nitrogens with zero attached hydrogens (tertiary/aromatic N) is 2. The molecule has 0 aliphatic carbocycles. The van der Waals surface area contributed by atoms with E-state index >= 15 is 0 Å². The molecule has 0 bridgehead atoms. The van der Waals surface area contributed by atoms with Crippen LogP contribution < -0.4 is 15.5 Å². The first-order chi connectivity index (χ1) is 21.1. The van der Waals surface area contributed by atoms with Crippen molar-refractivity contribution in [2.75, 3.05) is 32.1 Å². The van der Waals surface area contributed by atoms with Gasteiger partial charge >= 0.3 is 12.1 Å². The van der Waals surface area contributed by atoms with Crippen molar-refractivity contribution in [2.45, 2.75) is 50.4 Å². The summed E-state index contributed by atoms with van der Waals surface area (Å²) in [6.45, 7) is 3.33. The van der Waals surface area contributed by atoms with E-state index in [4.69, 9.17) is 21.5 Å². The topological polar surface area (TPSA) is 135 Å². The second-order valence-electron chi connectivity index (χ2n) is 11.6. The Balaban J connectivity index is 0.000000591. The van der Waals surface area contributed by atoms with Gasteiger partial charge in [0.05, 0.1) is 0 Å². The zero-order chi connectivity index (χ0) is 33.1. The molecule has 0 saturated carbocycles. The molecule has 2 unspecified atom stereocenters. The largest absolute Gasteiger partial charge is 0.490 e. The molecule has 1 aromatic heterocycles. The maximum Gasteiger partial charge on any atom is 0.490 e. The number of amides is 3. The van der Waals surface area contributed by atoms with E-state index < -0.39 is 24.2 Å². The minimum Gasteiger partial charge on any atom is -0.475 e. The molecule has 2 aliphatic heterocycles. The number of hydrogen-bond acceptors (Lipinski definition) is 5. The van der Waals surface area contributed by atoms with Crippen LogP contribution in [0.5, 0.6) is 0 Å². The summed E-state index contributed by atoms with van der Waals surface area (Å²) in [5.41, 5.74) is 3.78. The van der Waals surface area contributed by atoms with E-state index in [9.17, 15) is 27.6 Å². The number of benzene rings is 2. The molecule has 1 saturated heterocycles. The number of alkyl halides is 3. The highest BCUT2D eigenvalue weighted by molar-refractivity contribution is 6.30. The highest BCUT2D eigenvalue weighted by Gasteiger charge is 2.39. The molecule has 4 N–H and O–H groups in total. The summed E-state index contributed by atoms with van der Waals surface area (Å²) in [6.07, 6.45) is -1.62. The van der Waals surface area contributed by atoms with Crippen molar-refractivity contribution in [2.24, 2.45) is 5.92 Å². The van der Waals surface area contributed by atoms with Crippen LogP contribution in [0.1, 0.15) is 36.8 Å². The summed E-state index contributed by atoms with van der Waals surface area (Å²) in [5.74, 6) is -3.52. The number of carboxylic acid groups (broad SMARTS) is 1. The Morgan fingerprint density at radius 1 is 1.18 bits per heavy atom. The van der Waals surface area contributed by atoms with E-state index in [-0.39, 0.29) is 29.6 Å². The second kappa shape index (κ2) is 13.9. The number of carbonyl (C=O) groups excluding carboxylic acids is 3. The lowest BCUT2D eigenvalue weighted by Crippen LogP contribution is -2.56. The summed E-state index contributed by atoms with van der Waals surface area (Å²) >= 11 is 6.34. The number of carboxylic acids is 1. The number of para-hydroxylation sites is 1. The van der Waals surface area contributed by atoms with Crippen LogP contribution >= 0.6 is 11.6 Å². The van der Waals surface area contributed by atoms with E-state index in [1.54, 1.807) is 6.07 Å². The second-order valence-corrected chi connectivity index (χ2v) is 12.0. The normalized spacial score (nSPS) is 19.3. The third kappa shape index (κ3) is 8.14. The van der Waals surface area contributed by atoms with Gasteiger partial charge < -0.3 is 30.5 Å². The maximum atomic E-state index is 14.4. The third-order valence-electron chi connectivity index (χ3n) is 7.90. The Hall–Kier alpha value is -4.10. The van der Waals surface area contributed by atoms with E-state index in [0.717, 1.165) is 40.7 Å². The minimum atomic E-state index is -5.08. The number of H-pyrrole nitrogens is 1. The molecule has 45 heavy (non-hydrogen) atoms. The van der Waals surface area contributed by atoms with Gasteiger partial charge in [-0.1, -0.05) is 36.7 Å². The van der Waals surface area contributed by atoms with Gasteiger partial charge in [-0.25, -0.2) is 4.79 Å². The van der Waals surface area contributed by atoms with Gasteiger partial charge in [0.2, 0.25) is 17.7 Å². The van der Waals surface area contributed by atoms with Gasteiger partial charge in [0.25, 0.3) is 0 Å². The van der Waals surface area contributed by atoms with E-state index in [1.165, 1.54) is 0 Å². The van der Waals surface area contributed by atoms with Gasteiger partial charge in [-0.05, 0) is 68.2 Å². The molecule has 3 heterocycles. The van der Waals surface area contributed by atoms with Gasteiger partial charge in [0.15, 0.2) is 0 Å². The first-order valence-corrected chi connectivity index (χ1v) is 14.7. The standard InChI is InChI=1S/C29H34ClN5O3.C2HF3O2/c1-17(22-14-31-23-7-5-4-6-21(22)23)27(33-28(37)24-9-11-26(36)32-24)29(38)35-16-18(15-34(2)3)12-19-13-20(30)8-10-25(19)35;3-2(4,5)1(6)7/h4-8,10,13-14,17-18,24,27,31H,9,11-12,15-16H2,1-3H3,(H,32,36)(H,33,37);(H,6,7)/t17?,18-,24-,27?;/m1./s1. The van der Waals surface area contributed by atoms with Crippen molar-refractivity contribution < 1.29 is 37.5 Å². The number of hydrogen-bond donors (Lipinski definition) is 4. The zero-order valence-corrected chi connectivity index (χ0v) is 25.7. The van der Waals surface area contributed by atoms with Gasteiger partial charge in [-0.2, -0.15) is 13.2 Å². The Morgan fingerprint density at radius 3 is 2.49 bits per heavy atom. The number of rotatable bonds is 7. The molecule has 5 rings (SSSR count). The number of aromatic nitrogens is 1. The fraction of sp³-hybridized carbons (Fsp3) is 0.419. The molecule has 0 radical (unpaired) electrons. The average molecular weight is 650 g/mol. The van der Waals surface area contributed by atoms with Crippen LogP contribution in [0.3, 0.4) is 0 Å². The number of anilines is 1. The van der Waals surface area contributed by atoms with E-state index in [1.807, 2.05) is 68.5 Å². The molecule has 1 fully saturated rings. The van der Waals surface area contributed by atoms with Gasteiger partial charge in [-0.3, -0.25) is 14.4 Å². The summed E-state index contributed by atoms with van der Waals surface area (Å²) in [5, 5.41) is 14.5. The Morgan fingerprint density at radius 2 is 1.87 bits per heavy atom. The first-order valence-electron chi connectivity index (χ1n) is 14.4. The lowest BCUT2D eigenvalue weighted by molar-refractivity contribution is -0.192. The molecule has 3 aromatic rings. The number of nitrogens with one attached hydrogen (secondary N) is 3. The van der Waals surface area contributed by atoms with Crippen LogP contribution in [0.4, 0.5) is 18.9 Å². The van der Waals surface area contributed by atoms with E-state index in [0.29, 0.717) is 24.4 Å². The predicted octanol–water partition coefficient (Wildman–Crippen LogP) is 4.09. The zero-order valence-electron chi connectivity index (χ0n) is 25.0. The molecule has 10 nitrogen and oxygen atoms in total. The van der Waals surface area contributed by atoms with Crippen molar-refractivity contribution >= 4 is 51.9 Å². The van der Waals surface area contributed by atoms with Gasteiger partial charge in [-0.15, -0.1) is 0 Å². The number of aliphatic carboxylic acids is 1. The lowest BCUT2D eigenvalue weighted by atomic mass is 9.88. The van der Waals surface area contributed by atoms with Crippen molar-refractivity contribution in [3.05, 3.63) is 64.8 Å². The Bertz CT molecular complexity index is 1580. The number of fused-ring (bicyclic) bond motifs is 2. The van der Waals surface area contributed by atoms with Crippen molar-refractivity contribution in [1.82, 2.24) is 20.5 Å². The number of aromatic amines is 1. The van der Waals surface area contributed by atoms with Crippen molar-refractivity contribution in [1.29, 1.82) is 0 Å². The first kappa shape index (κ1) is 33.8. The van der Waals surface area contributed by atoms with E-state index in [2.05, 4.69) is 20.5 Å². The van der Waals surface area contributed by atoms with Crippen LogP contribution in [0.15, 0.2) is 48.7 Å². The summed E-state index contributed by atoms with van der Waals surface area (Å²) < 4.78 is 31.7. The summed E-state index contributed by atoms with van der Waals surface area (Å²) in [4.78, 5) is 55.7. The fourth-order valence-corrected chi connectivity index (χ4v) is 6.04. The molecule has 242 valence electrons. The number of halogens is 4. The lowest BCUT2D eigenvalue weighted by Gasteiger charge is -2.39. The van der Waals surface area contributed by atoms with Crippen LogP contribution in [0, 0.1) is 5.92 Å². The van der Waals surface area contributed by atoms with Gasteiger partial charge in [0.1, 0.15) is 12.1 Å². The minimum absolute atomic E-state index is 0.147. The Kier molecular flexibility index (Phi) is 10.4. The molecule has 4 atom stereocenters. The van der Waals surface area contributed by atoms with Crippen molar-refractivity contribution in [3.8, 4) is 0 Å². The molecule has 14 heteroatoms. The highest BCUT2D eigenvalue weighted by Crippen LogP contribution is 2.35. The maximum absolute atomic E-state index is 14.4. The summed E-state index contributed by atoms with van der Waals surface area (Å²) in [6, 6.07) is 12.1. The highest BCUT2D eigenvalue weighted by atomic mass is 35.5. The molecular weight excluding hydrogens is 615 g/mol. The predicted molar refractivity (Wildman–Crippen MR) is 163 cm³/mol. The molecule has 2 aromatic carbocycles. The third-order valence-corrected chi connectivity index (χ3v) is 8.14. The van der Waals surface area contributed by atoms with Crippen LogP contribution in [-0.4, -0.2) is 84.1 Å². The average Bonchev–Trinajstić information content (AvgIpc) is 3.60. The summed E-state index contributed by atoms with van der Waals surface area (Å²) in [7, 11) is 4.05. The molecule has 2 aliphatic rings. The monoisotopic (exact) mass is 649 g/mol. The van der Waals surface area contributed by atoms with Crippen LogP contribution in [0.25, 0.3) is 10.9 Å². The SMILES string of the molecule is CC(c1c[nH]c2ccccc12)C(NC(=O)[C@H]1CCC(=O)N1)C(=O)N1C[C@@H](CN(C)C)Cc2cc(Cl)ccc21.O=C(O)C(F)(F)F. The smallest absolute Gasteiger partial charge is 0.475 e. The van der Waals surface area contributed by atoms with Crippen LogP contribution in [0.2, 0.25) is 5.02 Å². The number of carbonyl (C=O) groups is 4. The van der Waals surface area contributed by atoms with Gasteiger partial charge in [0, 0.05) is 53.2 Å². The van der Waals surface area contributed by atoms with Crippen LogP contribution in [-0.2, 0) is 25.6 Å².